The number of benzene rings is 1. The highest BCUT2D eigenvalue weighted by Crippen LogP contribution is 2.13. The average molecular weight is 254 g/mol. The number of Topliss-reactive ketones (excluding diaryl/α,β-unsaturated/α-hetero) is 1. The van der Waals surface area contributed by atoms with Gasteiger partial charge in [0.25, 0.3) is 0 Å². The number of hydrogen-bond donors (Lipinski definition) is 1. The Morgan fingerprint density at radius 3 is 2.94 bits per heavy atom. The zero-order valence-electron chi connectivity index (χ0n) is 10.0. The number of carbonyl (C=O) groups is 1. The molecule has 1 atom stereocenters. The highest BCUT2D eigenvalue weighted by Gasteiger charge is 2.21. The van der Waals surface area contributed by atoms with Gasteiger partial charge in [-0.2, -0.15) is 0 Å². The molecule has 98 valence electrons. The number of hydrogen-bond acceptors (Lipinski definition) is 3. The summed E-state index contributed by atoms with van der Waals surface area (Å²) < 4.78 is 26.4. The molecule has 1 aliphatic heterocycles. The van der Waals surface area contributed by atoms with Crippen molar-refractivity contribution in [2.45, 2.75) is 18.9 Å². The van der Waals surface area contributed by atoms with Crippen LogP contribution in [0.15, 0.2) is 18.2 Å². The molecule has 0 radical (unpaired) electrons. The Labute approximate surface area is 105 Å². The fraction of sp³-hybridized carbons (Fsp3) is 0.462. The number of halogens is 2. The number of rotatable bonds is 3. The highest BCUT2D eigenvalue weighted by atomic mass is 19.1. The Morgan fingerprint density at radius 1 is 1.44 bits per heavy atom. The smallest absolute Gasteiger partial charge is 0.179 e. The first-order valence-electron chi connectivity index (χ1n) is 6.02. The standard InChI is InChI=1S/C13H16F2N2O/c14-9-3-4-12(15)11(6-9)13(18)8-17-5-1-2-10(16)7-17/h3-4,6,10H,1-2,5,7-8,16H2. The number of ketones is 1. The molecule has 1 saturated heterocycles. The van der Waals surface area contributed by atoms with Gasteiger partial charge in [-0.15, -0.1) is 0 Å². The average Bonchev–Trinajstić information content (AvgIpc) is 2.32. The van der Waals surface area contributed by atoms with Crippen LogP contribution in [0.4, 0.5) is 8.78 Å². The van der Waals surface area contributed by atoms with Crippen molar-refractivity contribution in [3.05, 3.63) is 35.4 Å². The van der Waals surface area contributed by atoms with E-state index in [4.69, 9.17) is 5.73 Å². The summed E-state index contributed by atoms with van der Waals surface area (Å²) in [5.74, 6) is -1.68. The number of nitrogens with two attached hydrogens (primary N) is 1. The second-order valence-corrected chi connectivity index (χ2v) is 4.68. The van der Waals surface area contributed by atoms with E-state index in [0.717, 1.165) is 37.6 Å². The number of carbonyl (C=O) groups excluding carboxylic acids is 1. The van der Waals surface area contributed by atoms with E-state index >= 15 is 0 Å². The van der Waals surface area contributed by atoms with Gasteiger partial charge in [-0.3, -0.25) is 9.69 Å². The Hall–Kier alpha value is -1.33. The normalized spacial score (nSPS) is 20.9. The van der Waals surface area contributed by atoms with Gasteiger partial charge in [-0.05, 0) is 37.6 Å². The van der Waals surface area contributed by atoms with Gasteiger partial charge >= 0.3 is 0 Å². The van der Waals surface area contributed by atoms with Crippen LogP contribution < -0.4 is 5.73 Å². The molecular formula is C13H16F2N2O. The fourth-order valence-electron chi connectivity index (χ4n) is 2.23. The Kier molecular flexibility index (Phi) is 4.04. The molecule has 1 fully saturated rings. The summed E-state index contributed by atoms with van der Waals surface area (Å²) in [6.07, 6.45) is 1.87. The molecule has 1 unspecified atom stereocenters. The summed E-state index contributed by atoms with van der Waals surface area (Å²) >= 11 is 0. The van der Waals surface area contributed by atoms with E-state index in [1.807, 2.05) is 4.90 Å². The molecule has 0 bridgehead atoms. The van der Waals surface area contributed by atoms with Gasteiger partial charge in [0.15, 0.2) is 5.78 Å². The Balaban J connectivity index is 2.05. The lowest BCUT2D eigenvalue weighted by Crippen LogP contribution is -2.44. The van der Waals surface area contributed by atoms with Crippen molar-refractivity contribution in [1.29, 1.82) is 0 Å². The molecule has 0 aromatic heterocycles. The Bertz CT molecular complexity index is 451. The molecule has 1 aliphatic rings. The second-order valence-electron chi connectivity index (χ2n) is 4.68. The van der Waals surface area contributed by atoms with E-state index in [2.05, 4.69) is 0 Å². The van der Waals surface area contributed by atoms with Crippen LogP contribution in [0.2, 0.25) is 0 Å². The van der Waals surface area contributed by atoms with Crippen molar-refractivity contribution in [2.24, 2.45) is 5.73 Å². The number of piperidine rings is 1. The van der Waals surface area contributed by atoms with E-state index in [1.165, 1.54) is 0 Å². The molecule has 18 heavy (non-hydrogen) atoms. The van der Waals surface area contributed by atoms with Crippen LogP contribution in [-0.4, -0.2) is 36.4 Å². The van der Waals surface area contributed by atoms with E-state index in [0.29, 0.717) is 6.54 Å². The predicted molar refractivity (Wildman–Crippen MR) is 64.3 cm³/mol. The summed E-state index contributed by atoms with van der Waals surface area (Å²) in [4.78, 5) is 13.8. The zero-order chi connectivity index (χ0) is 13.1. The molecule has 2 rings (SSSR count). The van der Waals surface area contributed by atoms with Crippen LogP contribution in [0.3, 0.4) is 0 Å². The van der Waals surface area contributed by atoms with Gasteiger partial charge in [-0.1, -0.05) is 0 Å². The molecule has 0 spiro atoms. The molecule has 2 N–H and O–H groups in total. The Morgan fingerprint density at radius 2 is 2.22 bits per heavy atom. The van der Waals surface area contributed by atoms with Crippen molar-refractivity contribution in [3.8, 4) is 0 Å². The molecule has 5 heteroatoms. The fourth-order valence-corrected chi connectivity index (χ4v) is 2.23. The van der Waals surface area contributed by atoms with E-state index in [9.17, 15) is 13.6 Å². The van der Waals surface area contributed by atoms with Crippen LogP contribution in [-0.2, 0) is 0 Å². The summed E-state index contributed by atoms with van der Waals surface area (Å²) in [5, 5.41) is 0. The van der Waals surface area contributed by atoms with Crippen LogP contribution in [0, 0.1) is 11.6 Å². The summed E-state index contributed by atoms with van der Waals surface area (Å²) in [6, 6.07) is 2.98. The molecule has 0 aliphatic carbocycles. The van der Waals surface area contributed by atoms with Gasteiger partial charge in [0, 0.05) is 12.6 Å². The summed E-state index contributed by atoms with van der Waals surface area (Å²) in [7, 11) is 0. The maximum absolute atomic E-state index is 13.4. The minimum Gasteiger partial charge on any atom is -0.327 e. The third kappa shape index (κ3) is 3.11. The molecule has 0 saturated carbocycles. The van der Waals surface area contributed by atoms with E-state index < -0.39 is 17.4 Å². The van der Waals surface area contributed by atoms with Crippen molar-refractivity contribution < 1.29 is 13.6 Å². The quantitative estimate of drug-likeness (QED) is 0.833. The minimum atomic E-state index is -0.678. The molecule has 0 amide bonds. The van der Waals surface area contributed by atoms with Crippen molar-refractivity contribution in [3.63, 3.8) is 0 Å². The van der Waals surface area contributed by atoms with Gasteiger partial charge in [0.2, 0.25) is 0 Å². The summed E-state index contributed by atoms with van der Waals surface area (Å²) in [6.45, 7) is 1.49. The van der Waals surface area contributed by atoms with Crippen molar-refractivity contribution in [2.75, 3.05) is 19.6 Å². The number of nitrogens with zero attached hydrogens (tertiary/aromatic N) is 1. The van der Waals surface area contributed by atoms with Gasteiger partial charge < -0.3 is 5.73 Å². The van der Waals surface area contributed by atoms with Gasteiger partial charge in [-0.25, -0.2) is 8.78 Å². The topological polar surface area (TPSA) is 46.3 Å². The van der Waals surface area contributed by atoms with E-state index in [-0.39, 0.29) is 18.2 Å². The summed E-state index contributed by atoms with van der Waals surface area (Å²) in [5.41, 5.74) is 5.62. The molecule has 1 aromatic rings. The van der Waals surface area contributed by atoms with Gasteiger partial charge in [0.1, 0.15) is 11.6 Å². The highest BCUT2D eigenvalue weighted by molar-refractivity contribution is 5.97. The van der Waals surface area contributed by atoms with Crippen LogP contribution in [0.1, 0.15) is 23.2 Å². The third-order valence-electron chi connectivity index (χ3n) is 3.14. The second kappa shape index (κ2) is 5.54. The first kappa shape index (κ1) is 13.1. The first-order chi connectivity index (χ1) is 8.56. The molecule has 1 heterocycles. The monoisotopic (exact) mass is 254 g/mol. The third-order valence-corrected chi connectivity index (χ3v) is 3.14. The zero-order valence-corrected chi connectivity index (χ0v) is 10.0. The SMILES string of the molecule is NC1CCCN(CC(=O)c2cc(F)ccc2F)C1. The predicted octanol–water partition coefficient (Wildman–Crippen LogP) is 1.57. The largest absolute Gasteiger partial charge is 0.327 e. The number of likely N-dealkylation sites (tertiary alicyclic amines) is 1. The lowest BCUT2D eigenvalue weighted by molar-refractivity contribution is 0.0903. The molecule has 3 nitrogen and oxygen atoms in total. The van der Waals surface area contributed by atoms with Crippen LogP contribution in [0.25, 0.3) is 0 Å². The lowest BCUT2D eigenvalue weighted by Gasteiger charge is -2.29. The van der Waals surface area contributed by atoms with Gasteiger partial charge in [0.05, 0.1) is 12.1 Å². The first-order valence-corrected chi connectivity index (χ1v) is 6.02. The maximum Gasteiger partial charge on any atom is 0.179 e. The maximum atomic E-state index is 13.4. The van der Waals surface area contributed by atoms with Crippen LogP contribution >= 0.6 is 0 Å². The lowest BCUT2D eigenvalue weighted by atomic mass is 10.0. The molecular weight excluding hydrogens is 238 g/mol. The minimum absolute atomic E-state index is 0.0592. The molecule has 1 aromatic carbocycles. The van der Waals surface area contributed by atoms with Crippen LogP contribution in [0.5, 0.6) is 0 Å². The van der Waals surface area contributed by atoms with Crippen molar-refractivity contribution in [1.82, 2.24) is 4.90 Å². The van der Waals surface area contributed by atoms with E-state index in [1.54, 1.807) is 0 Å². The van der Waals surface area contributed by atoms with Crippen molar-refractivity contribution >= 4 is 5.78 Å².